The maximum atomic E-state index is 12.4. The van der Waals surface area contributed by atoms with Gasteiger partial charge in [0.05, 0.1) is 11.4 Å². The maximum absolute atomic E-state index is 12.4. The van der Waals surface area contributed by atoms with Crippen molar-refractivity contribution in [2.24, 2.45) is 5.92 Å². The molecule has 0 saturated carbocycles. The number of rotatable bonds is 5. The average Bonchev–Trinajstić information content (AvgIpc) is 2.56. The Hall–Kier alpha value is -2.57. The molecule has 2 amide bonds. The Kier molecular flexibility index (Phi) is 5.11. The van der Waals surface area contributed by atoms with Crippen LogP contribution in [0.25, 0.3) is 0 Å². The van der Waals surface area contributed by atoms with Gasteiger partial charge in [-0.05, 0) is 31.0 Å². The summed E-state index contributed by atoms with van der Waals surface area (Å²) in [6, 6.07) is 3.71. The van der Waals surface area contributed by atoms with Crippen molar-refractivity contribution in [1.29, 1.82) is 0 Å². The molecule has 3 atom stereocenters. The monoisotopic (exact) mass is 333 g/mol. The Labute approximate surface area is 141 Å². The van der Waals surface area contributed by atoms with Crippen molar-refractivity contribution in [2.45, 2.75) is 39.3 Å². The van der Waals surface area contributed by atoms with E-state index < -0.39 is 17.9 Å². The molecule has 0 radical (unpaired) electrons. The molecule has 1 aromatic carbocycles. The summed E-state index contributed by atoms with van der Waals surface area (Å²) in [5.41, 5.74) is 1.67. The summed E-state index contributed by atoms with van der Waals surface area (Å²) < 4.78 is 0. The number of anilines is 2. The Bertz CT molecular complexity index is 674. The van der Waals surface area contributed by atoms with E-state index in [0.717, 1.165) is 5.69 Å². The van der Waals surface area contributed by atoms with Crippen molar-refractivity contribution in [2.75, 3.05) is 17.3 Å². The second kappa shape index (κ2) is 6.90. The summed E-state index contributed by atoms with van der Waals surface area (Å²) in [4.78, 5) is 37.5. The molecule has 130 valence electrons. The fourth-order valence-electron chi connectivity index (χ4n) is 2.61. The normalized spacial score (nSPS) is 19.1. The molecule has 1 unspecified atom stereocenters. The van der Waals surface area contributed by atoms with Crippen LogP contribution in [-0.2, 0) is 9.59 Å². The zero-order valence-electron chi connectivity index (χ0n) is 14.3. The number of benzene rings is 1. The predicted octanol–water partition coefficient (Wildman–Crippen LogP) is 1.69. The van der Waals surface area contributed by atoms with Crippen LogP contribution in [0.4, 0.5) is 11.4 Å². The van der Waals surface area contributed by atoms with Crippen LogP contribution >= 0.6 is 0 Å². The lowest BCUT2D eigenvalue weighted by Gasteiger charge is -2.33. The van der Waals surface area contributed by atoms with E-state index in [-0.39, 0.29) is 17.9 Å². The third kappa shape index (κ3) is 3.34. The molecule has 1 aliphatic heterocycles. The summed E-state index contributed by atoms with van der Waals surface area (Å²) in [5.74, 6) is -1.86. The molecular weight excluding hydrogens is 310 g/mol. The number of carbonyl (C=O) groups is 3. The molecule has 0 bridgehead atoms. The highest BCUT2D eigenvalue weighted by atomic mass is 16.4. The molecule has 1 heterocycles. The summed E-state index contributed by atoms with van der Waals surface area (Å²) in [7, 11) is 1.81. The van der Waals surface area contributed by atoms with Gasteiger partial charge in [-0.15, -0.1) is 0 Å². The van der Waals surface area contributed by atoms with Crippen molar-refractivity contribution < 1.29 is 19.5 Å². The lowest BCUT2D eigenvalue weighted by molar-refractivity contribution is -0.140. The number of hydrogen-bond donors (Lipinski definition) is 3. The van der Waals surface area contributed by atoms with Gasteiger partial charge in [-0.25, -0.2) is 4.79 Å². The van der Waals surface area contributed by atoms with E-state index in [0.29, 0.717) is 17.7 Å². The van der Waals surface area contributed by atoms with Crippen LogP contribution in [0.3, 0.4) is 0 Å². The minimum atomic E-state index is -1.06. The highest BCUT2D eigenvalue weighted by Crippen LogP contribution is 2.31. The van der Waals surface area contributed by atoms with Gasteiger partial charge in [-0.1, -0.05) is 20.3 Å². The van der Waals surface area contributed by atoms with Crippen LogP contribution in [0.15, 0.2) is 18.2 Å². The lowest BCUT2D eigenvalue weighted by Crippen LogP contribution is -2.45. The SMILES string of the molecule is CC[C@H](C)[C@H](NC(=O)c1ccc2c(c1)NC(=O)C(C)N2C)C(=O)O. The number of nitrogens with one attached hydrogen (secondary N) is 2. The van der Waals surface area contributed by atoms with Gasteiger partial charge >= 0.3 is 5.97 Å². The van der Waals surface area contributed by atoms with E-state index >= 15 is 0 Å². The zero-order chi connectivity index (χ0) is 18.0. The minimum Gasteiger partial charge on any atom is -0.480 e. The Morgan fingerprint density at radius 3 is 2.67 bits per heavy atom. The molecule has 0 spiro atoms. The van der Waals surface area contributed by atoms with Crippen LogP contribution in [0, 0.1) is 5.92 Å². The smallest absolute Gasteiger partial charge is 0.326 e. The third-order valence-corrected chi connectivity index (χ3v) is 4.62. The zero-order valence-corrected chi connectivity index (χ0v) is 14.3. The van der Waals surface area contributed by atoms with E-state index in [1.165, 1.54) is 0 Å². The fraction of sp³-hybridized carbons (Fsp3) is 0.471. The summed E-state index contributed by atoms with van der Waals surface area (Å²) in [6.45, 7) is 5.45. The predicted molar refractivity (Wildman–Crippen MR) is 91.3 cm³/mol. The molecule has 24 heavy (non-hydrogen) atoms. The van der Waals surface area contributed by atoms with E-state index in [1.807, 2.05) is 18.9 Å². The van der Waals surface area contributed by atoms with Crippen molar-refractivity contribution in [3.8, 4) is 0 Å². The number of carboxylic acid groups (broad SMARTS) is 1. The quantitative estimate of drug-likeness (QED) is 0.762. The molecule has 2 rings (SSSR count). The van der Waals surface area contributed by atoms with Gasteiger partial charge < -0.3 is 20.6 Å². The Balaban J connectivity index is 2.24. The molecule has 0 fully saturated rings. The largest absolute Gasteiger partial charge is 0.480 e. The van der Waals surface area contributed by atoms with Crippen molar-refractivity contribution in [1.82, 2.24) is 5.32 Å². The summed E-state index contributed by atoms with van der Waals surface area (Å²) in [6.07, 6.45) is 0.639. The number of hydrogen-bond acceptors (Lipinski definition) is 4. The maximum Gasteiger partial charge on any atom is 0.326 e. The molecule has 0 saturated heterocycles. The number of carboxylic acids is 1. The molecule has 0 aromatic heterocycles. The Morgan fingerprint density at radius 2 is 2.08 bits per heavy atom. The topological polar surface area (TPSA) is 98.7 Å². The minimum absolute atomic E-state index is 0.148. The van der Waals surface area contributed by atoms with Gasteiger partial charge in [0.15, 0.2) is 0 Å². The number of amides is 2. The first kappa shape index (κ1) is 17.8. The van der Waals surface area contributed by atoms with Gasteiger partial charge in [0.25, 0.3) is 5.91 Å². The van der Waals surface area contributed by atoms with Crippen molar-refractivity contribution >= 4 is 29.2 Å². The average molecular weight is 333 g/mol. The second-order valence-electron chi connectivity index (χ2n) is 6.18. The summed E-state index contributed by atoms with van der Waals surface area (Å²) >= 11 is 0. The Morgan fingerprint density at radius 1 is 1.42 bits per heavy atom. The lowest BCUT2D eigenvalue weighted by atomic mass is 9.98. The van der Waals surface area contributed by atoms with E-state index in [4.69, 9.17) is 0 Å². The molecule has 7 nitrogen and oxygen atoms in total. The van der Waals surface area contributed by atoms with Crippen LogP contribution in [0.1, 0.15) is 37.6 Å². The fourth-order valence-corrected chi connectivity index (χ4v) is 2.61. The van der Waals surface area contributed by atoms with E-state index in [2.05, 4.69) is 10.6 Å². The molecule has 1 aliphatic rings. The van der Waals surface area contributed by atoms with Crippen LogP contribution < -0.4 is 15.5 Å². The molecule has 1 aromatic rings. The van der Waals surface area contributed by atoms with Gasteiger partial charge in [0, 0.05) is 12.6 Å². The van der Waals surface area contributed by atoms with Crippen molar-refractivity contribution in [3.63, 3.8) is 0 Å². The van der Waals surface area contributed by atoms with Crippen molar-refractivity contribution in [3.05, 3.63) is 23.8 Å². The molecule has 3 N–H and O–H groups in total. The second-order valence-corrected chi connectivity index (χ2v) is 6.18. The summed E-state index contributed by atoms with van der Waals surface area (Å²) in [5, 5.41) is 14.6. The van der Waals surface area contributed by atoms with Crippen LogP contribution in [0.5, 0.6) is 0 Å². The number of likely N-dealkylation sites (N-methyl/N-ethyl adjacent to an activating group) is 1. The van der Waals surface area contributed by atoms with Gasteiger partial charge in [0.1, 0.15) is 12.1 Å². The van der Waals surface area contributed by atoms with Crippen LogP contribution in [0.2, 0.25) is 0 Å². The first-order chi connectivity index (χ1) is 11.3. The number of nitrogens with zero attached hydrogens (tertiary/aromatic N) is 1. The first-order valence-electron chi connectivity index (χ1n) is 7.97. The van der Waals surface area contributed by atoms with Crippen LogP contribution in [-0.4, -0.2) is 42.0 Å². The van der Waals surface area contributed by atoms with Gasteiger partial charge in [-0.2, -0.15) is 0 Å². The standard InChI is InChI=1S/C17H23N3O4/c1-5-9(2)14(17(23)24)19-16(22)11-6-7-13-12(8-11)18-15(21)10(3)20(13)4/h6-10,14H,5H2,1-4H3,(H,18,21)(H,19,22)(H,23,24)/t9-,10?,14-/m0/s1. The molecule has 0 aliphatic carbocycles. The highest BCUT2D eigenvalue weighted by molar-refractivity contribution is 6.05. The van der Waals surface area contributed by atoms with E-state index in [1.54, 1.807) is 32.0 Å². The highest BCUT2D eigenvalue weighted by Gasteiger charge is 2.29. The van der Waals surface area contributed by atoms with E-state index in [9.17, 15) is 19.5 Å². The van der Waals surface area contributed by atoms with Gasteiger partial charge in [-0.3, -0.25) is 9.59 Å². The number of carbonyl (C=O) groups excluding carboxylic acids is 2. The number of fused-ring (bicyclic) bond motifs is 1. The number of aliphatic carboxylic acids is 1. The molecular formula is C17H23N3O4. The first-order valence-corrected chi connectivity index (χ1v) is 7.97. The third-order valence-electron chi connectivity index (χ3n) is 4.62. The molecule has 7 heteroatoms. The van der Waals surface area contributed by atoms with Gasteiger partial charge in [0.2, 0.25) is 5.91 Å².